The van der Waals surface area contributed by atoms with Crippen LogP contribution in [-0.2, 0) is 9.59 Å². The van der Waals surface area contributed by atoms with Crippen LogP contribution in [0.4, 0.5) is 11.4 Å². The molecular weight excluding hydrogens is 448 g/mol. The number of pyridine rings is 1. The van der Waals surface area contributed by atoms with Gasteiger partial charge in [-0.3, -0.25) is 14.4 Å². The molecule has 1 saturated carbocycles. The largest absolute Gasteiger partial charge is 0.459 e. The summed E-state index contributed by atoms with van der Waals surface area (Å²) >= 11 is 6.37. The van der Waals surface area contributed by atoms with Crippen molar-refractivity contribution in [3.8, 4) is 11.4 Å². The lowest BCUT2D eigenvalue weighted by molar-refractivity contribution is -0.132. The summed E-state index contributed by atoms with van der Waals surface area (Å²) in [6.07, 6.45) is 3.73. The Kier molecular flexibility index (Phi) is 4.86. The Bertz CT molecular complexity index is 1410. The first-order chi connectivity index (χ1) is 15.9. The van der Waals surface area contributed by atoms with Gasteiger partial charge in [0.25, 0.3) is 5.91 Å². The number of hydrogen-bond donors (Lipinski definition) is 4. The molecule has 3 heterocycles. The molecule has 0 spiro atoms. The van der Waals surface area contributed by atoms with E-state index in [0.29, 0.717) is 51.8 Å². The smallest absolute Gasteiger partial charge is 0.291 e. The number of benzene rings is 1. The normalized spacial score (nSPS) is 14.1. The fourth-order valence-electron chi connectivity index (χ4n) is 3.44. The monoisotopic (exact) mass is 464 g/mol. The van der Waals surface area contributed by atoms with Gasteiger partial charge in [-0.2, -0.15) is 0 Å². The molecule has 1 aliphatic rings. The van der Waals surface area contributed by atoms with Gasteiger partial charge in [-0.25, -0.2) is 9.97 Å². The first kappa shape index (κ1) is 20.7. The van der Waals surface area contributed by atoms with Crippen LogP contribution in [0.3, 0.4) is 0 Å². The molecule has 1 aliphatic carbocycles. The molecule has 1 aromatic carbocycles. The van der Waals surface area contributed by atoms with E-state index in [9.17, 15) is 14.4 Å². The van der Waals surface area contributed by atoms with Crippen molar-refractivity contribution in [2.24, 2.45) is 11.1 Å². The maximum absolute atomic E-state index is 12.4. The molecular formula is C22H17ClN6O4. The van der Waals surface area contributed by atoms with Crippen LogP contribution in [0.25, 0.3) is 22.6 Å². The number of primary amides is 1. The molecule has 166 valence electrons. The van der Waals surface area contributed by atoms with Crippen molar-refractivity contribution in [2.45, 2.75) is 12.8 Å². The molecule has 0 atom stereocenters. The van der Waals surface area contributed by atoms with Crippen LogP contribution in [0, 0.1) is 5.41 Å². The van der Waals surface area contributed by atoms with Crippen LogP contribution in [0.2, 0.25) is 5.02 Å². The third-order valence-corrected chi connectivity index (χ3v) is 5.81. The van der Waals surface area contributed by atoms with Gasteiger partial charge in [-0.05, 0) is 49.2 Å². The lowest BCUT2D eigenvalue weighted by Crippen LogP contribution is -2.36. The fraction of sp³-hybridized carbons (Fsp3) is 0.136. The molecule has 3 aromatic heterocycles. The van der Waals surface area contributed by atoms with Crippen molar-refractivity contribution < 1.29 is 18.8 Å². The first-order valence-electron chi connectivity index (χ1n) is 9.98. The van der Waals surface area contributed by atoms with Gasteiger partial charge in [-0.1, -0.05) is 11.6 Å². The summed E-state index contributed by atoms with van der Waals surface area (Å²) in [4.78, 5) is 48.1. The van der Waals surface area contributed by atoms with Gasteiger partial charge in [0.05, 0.1) is 28.7 Å². The minimum absolute atomic E-state index is 0.179. The van der Waals surface area contributed by atoms with Crippen LogP contribution in [-0.4, -0.2) is 32.7 Å². The Morgan fingerprint density at radius 1 is 1.12 bits per heavy atom. The molecule has 0 bridgehead atoms. The maximum Gasteiger partial charge on any atom is 0.291 e. The molecule has 1 fully saturated rings. The summed E-state index contributed by atoms with van der Waals surface area (Å²) < 4.78 is 5.10. The van der Waals surface area contributed by atoms with E-state index in [-0.39, 0.29) is 5.76 Å². The first-order valence-corrected chi connectivity index (χ1v) is 10.4. The van der Waals surface area contributed by atoms with Crippen LogP contribution in [0.5, 0.6) is 0 Å². The average Bonchev–Trinajstić information content (AvgIpc) is 3.23. The van der Waals surface area contributed by atoms with Crippen molar-refractivity contribution in [3.05, 3.63) is 59.6 Å². The number of amides is 3. The number of carbonyl (C=O) groups excluding carboxylic acids is 3. The van der Waals surface area contributed by atoms with E-state index < -0.39 is 23.1 Å². The zero-order valence-corrected chi connectivity index (χ0v) is 17.8. The van der Waals surface area contributed by atoms with Gasteiger partial charge in [-0.15, -0.1) is 0 Å². The number of halogens is 1. The molecule has 3 amide bonds. The standard InChI is InChI=1S/C22H17ClN6O4/c23-14-4-3-11(26-19(30)16-2-1-7-33-16)8-13(14)17-28-15-9-12(10-25-18(15)29-17)27-21(32)22(5-6-22)20(24)31/h1-4,7-10H,5-6H2,(H2,24,31)(H,26,30)(H,27,32)(H,25,28,29). The highest BCUT2D eigenvalue weighted by Crippen LogP contribution is 2.46. The zero-order valence-electron chi connectivity index (χ0n) is 17.0. The van der Waals surface area contributed by atoms with E-state index >= 15 is 0 Å². The predicted molar refractivity (Wildman–Crippen MR) is 120 cm³/mol. The van der Waals surface area contributed by atoms with Crippen molar-refractivity contribution in [2.75, 3.05) is 10.6 Å². The molecule has 5 rings (SSSR count). The molecule has 33 heavy (non-hydrogen) atoms. The second kappa shape index (κ2) is 7.75. The van der Waals surface area contributed by atoms with Gasteiger partial charge in [0.15, 0.2) is 11.4 Å². The van der Waals surface area contributed by atoms with E-state index in [0.717, 1.165) is 0 Å². The minimum atomic E-state index is -1.14. The van der Waals surface area contributed by atoms with Gasteiger partial charge in [0, 0.05) is 11.3 Å². The number of aromatic amines is 1. The maximum atomic E-state index is 12.4. The van der Waals surface area contributed by atoms with Gasteiger partial charge < -0.3 is 25.8 Å². The highest BCUT2D eigenvalue weighted by molar-refractivity contribution is 6.33. The van der Waals surface area contributed by atoms with Crippen molar-refractivity contribution in [3.63, 3.8) is 0 Å². The van der Waals surface area contributed by atoms with E-state index in [1.165, 1.54) is 12.5 Å². The number of nitrogens with zero attached hydrogens (tertiary/aromatic N) is 2. The number of hydrogen-bond acceptors (Lipinski definition) is 6. The van der Waals surface area contributed by atoms with E-state index in [1.54, 1.807) is 36.4 Å². The van der Waals surface area contributed by atoms with Crippen molar-refractivity contribution in [1.29, 1.82) is 0 Å². The number of fused-ring (bicyclic) bond motifs is 1. The Morgan fingerprint density at radius 2 is 1.94 bits per heavy atom. The molecule has 0 aliphatic heterocycles. The van der Waals surface area contributed by atoms with Crippen LogP contribution < -0.4 is 16.4 Å². The third-order valence-electron chi connectivity index (χ3n) is 5.48. The molecule has 0 unspecified atom stereocenters. The third kappa shape index (κ3) is 3.80. The summed E-state index contributed by atoms with van der Waals surface area (Å²) in [6, 6.07) is 9.81. The summed E-state index contributed by atoms with van der Waals surface area (Å²) in [5.41, 5.74) is 6.62. The van der Waals surface area contributed by atoms with Crippen LogP contribution >= 0.6 is 11.6 Å². The summed E-state index contributed by atoms with van der Waals surface area (Å²) in [5.74, 6) is -0.871. The van der Waals surface area contributed by atoms with E-state index in [2.05, 4.69) is 25.6 Å². The van der Waals surface area contributed by atoms with Crippen molar-refractivity contribution >= 4 is 51.9 Å². The van der Waals surface area contributed by atoms with E-state index in [4.69, 9.17) is 21.8 Å². The number of rotatable bonds is 6. The highest BCUT2D eigenvalue weighted by Gasteiger charge is 2.55. The van der Waals surface area contributed by atoms with Gasteiger partial charge in [0.2, 0.25) is 11.8 Å². The number of aromatic nitrogens is 3. The van der Waals surface area contributed by atoms with Crippen LogP contribution in [0.15, 0.2) is 53.3 Å². The quantitative estimate of drug-likeness (QED) is 0.320. The Labute approximate surface area is 191 Å². The lowest BCUT2D eigenvalue weighted by atomic mass is 10.1. The van der Waals surface area contributed by atoms with Crippen molar-refractivity contribution in [1.82, 2.24) is 15.0 Å². The Hall–Kier alpha value is -4.18. The molecule has 0 radical (unpaired) electrons. The molecule has 5 N–H and O–H groups in total. The number of furan rings is 1. The zero-order chi connectivity index (χ0) is 23.2. The topological polar surface area (TPSA) is 156 Å². The molecule has 4 aromatic rings. The average molecular weight is 465 g/mol. The minimum Gasteiger partial charge on any atom is -0.459 e. The van der Waals surface area contributed by atoms with Crippen LogP contribution in [0.1, 0.15) is 23.4 Å². The summed E-state index contributed by atoms with van der Waals surface area (Å²) in [5, 5.41) is 5.84. The summed E-state index contributed by atoms with van der Waals surface area (Å²) in [7, 11) is 0. The SMILES string of the molecule is NC(=O)C1(C(=O)Nc2cnc3nc(-c4cc(NC(=O)c5ccco5)ccc4Cl)[nH]c3c2)CC1. The second-order valence-corrected chi connectivity index (χ2v) is 8.11. The predicted octanol–water partition coefficient (Wildman–Crippen LogP) is 3.33. The number of H-pyrrole nitrogens is 1. The number of nitrogens with one attached hydrogen (secondary N) is 3. The van der Waals surface area contributed by atoms with Gasteiger partial charge >= 0.3 is 0 Å². The number of nitrogens with two attached hydrogens (primary N) is 1. The van der Waals surface area contributed by atoms with E-state index in [1.807, 2.05) is 0 Å². The number of carbonyl (C=O) groups is 3. The Balaban J connectivity index is 1.40. The molecule has 11 heteroatoms. The van der Waals surface area contributed by atoms with Gasteiger partial charge in [0.1, 0.15) is 11.2 Å². The molecule has 0 saturated heterocycles. The fourth-order valence-corrected chi connectivity index (χ4v) is 3.65. The number of imidazole rings is 1. The number of anilines is 2. The highest BCUT2D eigenvalue weighted by atomic mass is 35.5. The Morgan fingerprint density at radius 3 is 2.64 bits per heavy atom. The summed E-state index contributed by atoms with van der Waals surface area (Å²) in [6.45, 7) is 0. The molecule has 10 nitrogen and oxygen atoms in total. The second-order valence-electron chi connectivity index (χ2n) is 7.71. The lowest BCUT2D eigenvalue weighted by Gasteiger charge is -2.11.